The Morgan fingerprint density at radius 2 is 1.64 bits per heavy atom. The van der Waals surface area contributed by atoms with E-state index in [0.717, 1.165) is 29.5 Å². The molecule has 1 aliphatic rings. The predicted octanol–water partition coefficient (Wildman–Crippen LogP) is 7.66. The molecule has 0 heterocycles. The SMILES string of the molecule is COc1c(-c2cccc(C3=CCCC=C3)c2)cccc1-c1c(F)cccc1Br. The van der Waals surface area contributed by atoms with Crippen LogP contribution < -0.4 is 4.74 Å². The van der Waals surface area contributed by atoms with Crippen LogP contribution in [0.1, 0.15) is 18.4 Å². The maximum atomic E-state index is 14.6. The number of ether oxygens (including phenoxy) is 1. The fourth-order valence-electron chi connectivity index (χ4n) is 3.63. The van der Waals surface area contributed by atoms with E-state index in [0.29, 0.717) is 15.8 Å². The quantitative estimate of drug-likeness (QED) is 0.409. The van der Waals surface area contributed by atoms with Crippen molar-refractivity contribution in [2.45, 2.75) is 12.8 Å². The molecule has 0 bridgehead atoms. The molecule has 0 spiro atoms. The van der Waals surface area contributed by atoms with E-state index in [4.69, 9.17) is 4.74 Å². The Hall–Kier alpha value is -2.65. The van der Waals surface area contributed by atoms with Gasteiger partial charge in [0, 0.05) is 21.2 Å². The molecule has 0 aromatic heterocycles. The van der Waals surface area contributed by atoms with Crippen LogP contribution in [0.2, 0.25) is 0 Å². The fraction of sp³-hybridized carbons (Fsp3) is 0.120. The van der Waals surface area contributed by atoms with Gasteiger partial charge in [-0.25, -0.2) is 4.39 Å². The lowest BCUT2D eigenvalue weighted by Crippen LogP contribution is -1.95. The third-order valence-electron chi connectivity index (χ3n) is 4.95. The first-order chi connectivity index (χ1) is 13.7. The Bertz CT molecular complexity index is 1060. The van der Waals surface area contributed by atoms with Crippen LogP contribution in [0.5, 0.6) is 5.75 Å². The van der Waals surface area contributed by atoms with Gasteiger partial charge in [-0.3, -0.25) is 0 Å². The molecule has 3 heteroatoms. The number of halogens is 2. The highest BCUT2D eigenvalue weighted by atomic mass is 79.9. The summed E-state index contributed by atoms with van der Waals surface area (Å²) in [5, 5.41) is 0. The van der Waals surface area contributed by atoms with Gasteiger partial charge < -0.3 is 4.74 Å². The molecule has 3 aromatic rings. The lowest BCUT2D eigenvalue weighted by Gasteiger charge is -2.16. The summed E-state index contributed by atoms with van der Waals surface area (Å²) in [5.74, 6) is 0.384. The van der Waals surface area contributed by atoms with Crippen LogP contribution in [0.3, 0.4) is 0 Å². The number of benzene rings is 3. The minimum absolute atomic E-state index is 0.281. The van der Waals surface area contributed by atoms with E-state index in [2.05, 4.69) is 58.4 Å². The second-order valence-corrected chi connectivity index (χ2v) is 7.56. The molecule has 3 aromatic carbocycles. The molecule has 0 amide bonds. The first kappa shape index (κ1) is 18.7. The third-order valence-corrected chi connectivity index (χ3v) is 5.61. The van der Waals surface area contributed by atoms with Gasteiger partial charge in [-0.1, -0.05) is 76.6 Å². The van der Waals surface area contributed by atoms with Gasteiger partial charge in [-0.15, -0.1) is 0 Å². The zero-order valence-corrected chi connectivity index (χ0v) is 17.2. The Morgan fingerprint density at radius 1 is 0.893 bits per heavy atom. The van der Waals surface area contributed by atoms with Gasteiger partial charge in [0.15, 0.2) is 0 Å². The van der Waals surface area contributed by atoms with Crippen LogP contribution in [0.15, 0.2) is 83.4 Å². The van der Waals surface area contributed by atoms with Crippen molar-refractivity contribution in [2.24, 2.45) is 0 Å². The van der Waals surface area contributed by atoms with Crippen molar-refractivity contribution in [3.8, 4) is 28.0 Å². The van der Waals surface area contributed by atoms with Gasteiger partial charge in [-0.2, -0.15) is 0 Å². The highest BCUT2D eigenvalue weighted by Crippen LogP contribution is 2.42. The molecule has 0 atom stereocenters. The second kappa shape index (κ2) is 8.15. The summed E-state index contributed by atoms with van der Waals surface area (Å²) in [7, 11) is 1.63. The van der Waals surface area contributed by atoms with Crippen LogP contribution in [0.25, 0.3) is 27.8 Å². The summed E-state index contributed by atoms with van der Waals surface area (Å²) < 4.78 is 21.1. The van der Waals surface area contributed by atoms with E-state index in [1.807, 2.05) is 24.3 Å². The topological polar surface area (TPSA) is 9.23 Å². The van der Waals surface area contributed by atoms with Crippen LogP contribution >= 0.6 is 15.9 Å². The molecule has 140 valence electrons. The zero-order valence-electron chi connectivity index (χ0n) is 15.6. The van der Waals surface area contributed by atoms with Gasteiger partial charge in [0.2, 0.25) is 0 Å². The third kappa shape index (κ3) is 3.55. The normalized spacial score (nSPS) is 13.3. The summed E-state index contributed by atoms with van der Waals surface area (Å²) in [5.41, 5.74) is 5.64. The average Bonchev–Trinajstić information content (AvgIpc) is 2.74. The van der Waals surface area contributed by atoms with Gasteiger partial charge in [0.05, 0.1) is 7.11 Å². The maximum Gasteiger partial charge on any atom is 0.134 e. The first-order valence-corrected chi connectivity index (χ1v) is 10.1. The lowest BCUT2D eigenvalue weighted by atomic mass is 9.93. The number of allylic oxidation sites excluding steroid dienone is 4. The second-order valence-electron chi connectivity index (χ2n) is 6.70. The smallest absolute Gasteiger partial charge is 0.134 e. The maximum absolute atomic E-state index is 14.6. The minimum atomic E-state index is -0.281. The van der Waals surface area contributed by atoms with E-state index in [1.165, 1.54) is 17.2 Å². The Balaban J connectivity index is 1.86. The van der Waals surface area contributed by atoms with Crippen molar-refractivity contribution in [2.75, 3.05) is 7.11 Å². The van der Waals surface area contributed by atoms with Crippen molar-refractivity contribution in [3.63, 3.8) is 0 Å². The Morgan fingerprint density at radius 3 is 2.39 bits per heavy atom. The van der Waals surface area contributed by atoms with Gasteiger partial charge in [0.1, 0.15) is 11.6 Å². The van der Waals surface area contributed by atoms with Crippen molar-refractivity contribution < 1.29 is 9.13 Å². The monoisotopic (exact) mass is 434 g/mol. The average molecular weight is 435 g/mol. The van der Waals surface area contributed by atoms with Crippen LogP contribution in [-0.2, 0) is 0 Å². The standard InChI is InChI=1S/C25H20BrFO/c1-28-25-20(12-6-13-21(25)24-22(26)14-7-15-23(24)27)19-11-5-10-18(16-19)17-8-3-2-4-9-17/h3,5-16H,2,4H2,1H3. The molecule has 0 saturated carbocycles. The van der Waals surface area contributed by atoms with Gasteiger partial charge in [-0.05, 0) is 47.7 Å². The van der Waals surface area contributed by atoms with Crippen LogP contribution in [-0.4, -0.2) is 7.11 Å². The fourth-order valence-corrected chi connectivity index (χ4v) is 4.19. The molecular weight excluding hydrogens is 415 g/mol. The number of methoxy groups -OCH3 is 1. The highest BCUT2D eigenvalue weighted by Gasteiger charge is 2.18. The molecule has 28 heavy (non-hydrogen) atoms. The molecule has 0 saturated heterocycles. The molecule has 4 rings (SSSR count). The van der Waals surface area contributed by atoms with E-state index in [-0.39, 0.29) is 5.82 Å². The lowest BCUT2D eigenvalue weighted by molar-refractivity contribution is 0.417. The molecule has 0 fully saturated rings. The predicted molar refractivity (Wildman–Crippen MR) is 118 cm³/mol. The van der Waals surface area contributed by atoms with Gasteiger partial charge in [0.25, 0.3) is 0 Å². The van der Waals surface area contributed by atoms with Crippen molar-refractivity contribution in [1.82, 2.24) is 0 Å². The minimum Gasteiger partial charge on any atom is -0.495 e. The number of para-hydroxylation sites is 1. The summed E-state index contributed by atoms with van der Waals surface area (Å²) in [4.78, 5) is 0. The zero-order chi connectivity index (χ0) is 19.5. The molecular formula is C25H20BrFO. The van der Waals surface area contributed by atoms with E-state index < -0.39 is 0 Å². The largest absolute Gasteiger partial charge is 0.495 e. The van der Waals surface area contributed by atoms with Crippen LogP contribution in [0.4, 0.5) is 4.39 Å². The van der Waals surface area contributed by atoms with Crippen molar-refractivity contribution >= 4 is 21.5 Å². The highest BCUT2D eigenvalue weighted by molar-refractivity contribution is 9.10. The van der Waals surface area contributed by atoms with Crippen LogP contribution in [0, 0.1) is 5.82 Å². The Labute approximate surface area is 173 Å². The molecule has 1 aliphatic carbocycles. The summed E-state index contributed by atoms with van der Waals surface area (Å²) >= 11 is 3.48. The molecule has 0 unspecified atom stereocenters. The van der Waals surface area contributed by atoms with E-state index in [9.17, 15) is 4.39 Å². The van der Waals surface area contributed by atoms with Crippen molar-refractivity contribution in [3.05, 3.63) is 94.7 Å². The molecule has 0 aliphatic heterocycles. The molecule has 0 N–H and O–H groups in total. The van der Waals surface area contributed by atoms with E-state index in [1.54, 1.807) is 13.2 Å². The summed E-state index contributed by atoms with van der Waals surface area (Å²) in [6.45, 7) is 0. The van der Waals surface area contributed by atoms with E-state index >= 15 is 0 Å². The Kier molecular flexibility index (Phi) is 5.45. The molecule has 1 nitrogen and oxygen atoms in total. The number of hydrogen-bond acceptors (Lipinski definition) is 1. The van der Waals surface area contributed by atoms with Gasteiger partial charge >= 0.3 is 0 Å². The number of hydrogen-bond donors (Lipinski definition) is 0. The van der Waals surface area contributed by atoms with Crippen molar-refractivity contribution in [1.29, 1.82) is 0 Å². The summed E-state index contributed by atoms with van der Waals surface area (Å²) in [6.07, 6.45) is 8.81. The first-order valence-electron chi connectivity index (χ1n) is 9.28. The molecule has 0 radical (unpaired) electrons. The number of rotatable bonds is 4. The summed E-state index contributed by atoms with van der Waals surface area (Å²) in [6, 6.07) is 19.2.